The Morgan fingerprint density at radius 3 is 2.62 bits per heavy atom. The van der Waals surface area contributed by atoms with Crippen LogP contribution in [-0.4, -0.2) is 28.8 Å². The van der Waals surface area contributed by atoms with Gasteiger partial charge in [0.1, 0.15) is 0 Å². The summed E-state index contributed by atoms with van der Waals surface area (Å²) >= 11 is 0. The van der Waals surface area contributed by atoms with Gasteiger partial charge < -0.3 is 4.90 Å². The minimum absolute atomic E-state index is 0.0156. The smallest absolute Gasteiger partial charge is 0.276 e. The van der Waals surface area contributed by atoms with Gasteiger partial charge in [0.05, 0.1) is 10.5 Å². The van der Waals surface area contributed by atoms with Crippen molar-refractivity contribution in [3.8, 4) is 0 Å². The second-order valence-corrected chi connectivity index (χ2v) is 5.39. The molecule has 0 N–H and O–H groups in total. The zero-order chi connectivity index (χ0) is 15.2. The van der Waals surface area contributed by atoms with Crippen LogP contribution in [0.2, 0.25) is 0 Å². The highest BCUT2D eigenvalue weighted by Crippen LogP contribution is 2.22. The number of nitro groups is 1. The molecule has 0 bridgehead atoms. The highest BCUT2D eigenvalue weighted by atomic mass is 16.6. The molecule has 0 radical (unpaired) electrons. The summed E-state index contributed by atoms with van der Waals surface area (Å²) in [6, 6.07) is 6.71. The number of para-hydroxylation sites is 1. The van der Waals surface area contributed by atoms with E-state index in [1.165, 1.54) is 24.6 Å². The van der Waals surface area contributed by atoms with Gasteiger partial charge in [-0.25, -0.2) is 0 Å². The molecule has 0 aliphatic heterocycles. The first-order valence-corrected chi connectivity index (χ1v) is 7.28. The molecule has 1 aromatic carbocycles. The lowest BCUT2D eigenvalue weighted by Gasteiger charge is -2.30. The molecule has 0 spiro atoms. The Hall–Kier alpha value is -2.17. The van der Waals surface area contributed by atoms with E-state index in [1.807, 2.05) is 7.05 Å². The van der Waals surface area contributed by atoms with Gasteiger partial charge in [-0.3, -0.25) is 14.9 Å². The summed E-state index contributed by atoms with van der Waals surface area (Å²) in [6.07, 6.45) is 8.61. The Morgan fingerprint density at radius 1 is 1.29 bits per heavy atom. The molecule has 1 saturated carbocycles. The van der Waals surface area contributed by atoms with E-state index in [2.05, 4.69) is 0 Å². The molecule has 0 aromatic heterocycles. The first kappa shape index (κ1) is 15.2. The normalized spacial score (nSPS) is 16.0. The number of carbonyl (C=O) groups excluding carboxylic acids is 1. The molecule has 0 saturated heterocycles. The van der Waals surface area contributed by atoms with Crippen LogP contribution in [-0.2, 0) is 4.79 Å². The zero-order valence-corrected chi connectivity index (χ0v) is 12.2. The molecule has 0 atom stereocenters. The van der Waals surface area contributed by atoms with Crippen LogP contribution >= 0.6 is 0 Å². The van der Waals surface area contributed by atoms with E-state index in [0.29, 0.717) is 11.6 Å². The number of nitro benzene ring substituents is 1. The van der Waals surface area contributed by atoms with Crippen molar-refractivity contribution >= 4 is 17.7 Å². The lowest BCUT2D eigenvalue weighted by atomic mass is 9.94. The average Bonchev–Trinajstić information content (AvgIpc) is 2.52. The molecular weight excluding hydrogens is 268 g/mol. The number of hydrogen-bond acceptors (Lipinski definition) is 3. The van der Waals surface area contributed by atoms with Gasteiger partial charge in [0.25, 0.3) is 5.69 Å². The van der Waals surface area contributed by atoms with Crippen molar-refractivity contribution in [2.75, 3.05) is 7.05 Å². The maximum atomic E-state index is 12.2. The van der Waals surface area contributed by atoms with Gasteiger partial charge in [-0.05, 0) is 25.0 Å². The van der Waals surface area contributed by atoms with Crippen molar-refractivity contribution in [2.24, 2.45) is 0 Å². The van der Waals surface area contributed by atoms with Crippen LogP contribution in [0.4, 0.5) is 5.69 Å². The molecule has 1 aliphatic carbocycles. The van der Waals surface area contributed by atoms with Crippen molar-refractivity contribution in [3.63, 3.8) is 0 Å². The summed E-state index contributed by atoms with van der Waals surface area (Å²) in [5.74, 6) is -0.0972. The highest BCUT2D eigenvalue weighted by Gasteiger charge is 2.20. The number of benzene rings is 1. The van der Waals surface area contributed by atoms with Crippen LogP contribution in [0, 0.1) is 10.1 Å². The highest BCUT2D eigenvalue weighted by molar-refractivity contribution is 5.92. The van der Waals surface area contributed by atoms with E-state index in [1.54, 1.807) is 23.1 Å². The predicted molar refractivity (Wildman–Crippen MR) is 81.8 cm³/mol. The van der Waals surface area contributed by atoms with Gasteiger partial charge in [0.15, 0.2) is 0 Å². The molecule has 1 aromatic rings. The summed E-state index contributed by atoms with van der Waals surface area (Å²) < 4.78 is 0. The third kappa shape index (κ3) is 3.90. The maximum absolute atomic E-state index is 12.2. The monoisotopic (exact) mass is 288 g/mol. The Kier molecular flexibility index (Phi) is 5.09. The summed E-state index contributed by atoms with van der Waals surface area (Å²) in [4.78, 5) is 24.4. The van der Waals surface area contributed by atoms with Crippen molar-refractivity contribution in [2.45, 2.75) is 38.1 Å². The third-order valence-electron chi connectivity index (χ3n) is 4.01. The van der Waals surface area contributed by atoms with Crippen LogP contribution in [0.3, 0.4) is 0 Å². The fraction of sp³-hybridized carbons (Fsp3) is 0.438. The molecule has 0 unspecified atom stereocenters. The number of rotatable bonds is 4. The fourth-order valence-corrected chi connectivity index (χ4v) is 2.72. The van der Waals surface area contributed by atoms with E-state index in [-0.39, 0.29) is 11.6 Å². The van der Waals surface area contributed by atoms with Crippen molar-refractivity contribution in [1.82, 2.24) is 4.90 Å². The minimum atomic E-state index is -0.436. The summed E-state index contributed by atoms with van der Waals surface area (Å²) in [7, 11) is 1.81. The Balaban J connectivity index is 2.06. The molecule has 1 aliphatic rings. The first-order chi connectivity index (χ1) is 10.1. The SMILES string of the molecule is CN(C(=O)C=Cc1ccccc1[N+](=O)[O-])C1CCCCC1. The van der Waals surface area contributed by atoms with E-state index in [4.69, 9.17) is 0 Å². The van der Waals surface area contributed by atoms with E-state index < -0.39 is 4.92 Å². The number of carbonyl (C=O) groups is 1. The van der Waals surface area contributed by atoms with Gasteiger partial charge in [-0.2, -0.15) is 0 Å². The summed E-state index contributed by atoms with van der Waals surface area (Å²) in [5.41, 5.74) is 0.467. The molecule has 1 amide bonds. The summed E-state index contributed by atoms with van der Waals surface area (Å²) in [6.45, 7) is 0. The lowest BCUT2D eigenvalue weighted by molar-refractivity contribution is -0.385. The van der Waals surface area contributed by atoms with Gasteiger partial charge in [-0.1, -0.05) is 31.4 Å². The Morgan fingerprint density at radius 2 is 1.95 bits per heavy atom. The average molecular weight is 288 g/mol. The van der Waals surface area contributed by atoms with E-state index in [0.717, 1.165) is 25.7 Å². The van der Waals surface area contributed by atoms with Crippen LogP contribution in [0.5, 0.6) is 0 Å². The molecule has 1 fully saturated rings. The second kappa shape index (κ2) is 7.02. The van der Waals surface area contributed by atoms with Crippen LogP contribution in [0.15, 0.2) is 30.3 Å². The van der Waals surface area contributed by atoms with Crippen LogP contribution in [0.25, 0.3) is 6.08 Å². The van der Waals surface area contributed by atoms with Crippen LogP contribution in [0.1, 0.15) is 37.7 Å². The summed E-state index contributed by atoms with van der Waals surface area (Å²) in [5, 5.41) is 10.9. The molecule has 2 rings (SSSR count). The van der Waals surface area contributed by atoms with E-state index in [9.17, 15) is 14.9 Å². The lowest BCUT2D eigenvalue weighted by Crippen LogP contribution is -2.37. The van der Waals surface area contributed by atoms with Crippen molar-refractivity contribution < 1.29 is 9.72 Å². The number of nitrogens with zero attached hydrogens (tertiary/aromatic N) is 2. The van der Waals surface area contributed by atoms with Gasteiger partial charge in [0, 0.05) is 25.2 Å². The fourth-order valence-electron chi connectivity index (χ4n) is 2.72. The second-order valence-electron chi connectivity index (χ2n) is 5.39. The van der Waals surface area contributed by atoms with E-state index >= 15 is 0 Å². The topological polar surface area (TPSA) is 63.5 Å². The van der Waals surface area contributed by atoms with Gasteiger partial charge >= 0.3 is 0 Å². The predicted octanol–water partition coefficient (Wildman–Crippen LogP) is 3.40. The number of hydrogen-bond donors (Lipinski definition) is 0. The standard InChI is InChI=1S/C16H20N2O3/c1-17(14-8-3-2-4-9-14)16(19)12-11-13-7-5-6-10-15(13)18(20)21/h5-7,10-12,14H,2-4,8-9H2,1H3. The Bertz CT molecular complexity index is 548. The molecular formula is C16H20N2O3. The largest absolute Gasteiger partial charge is 0.339 e. The minimum Gasteiger partial charge on any atom is -0.339 e. The molecule has 5 heteroatoms. The van der Waals surface area contributed by atoms with Crippen molar-refractivity contribution in [3.05, 3.63) is 46.0 Å². The Labute approximate surface area is 124 Å². The quantitative estimate of drug-likeness (QED) is 0.484. The van der Waals surface area contributed by atoms with Gasteiger partial charge in [-0.15, -0.1) is 0 Å². The molecule has 5 nitrogen and oxygen atoms in total. The molecule has 0 heterocycles. The van der Waals surface area contributed by atoms with Crippen LogP contribution < -0.4 is 0 Å². The first-order valence-electron chi connectivity index (χ1n) is 7.28. The molecule has 21 heavy (non-hydrogen) atoms. The number of amides is 1. The third-order valence-corrected chi connectivity index (χ3v) is 4.01. The van der Waals surface area contributed by atoms with Gasteiger partial charge in [0.2, 0.25) is 5.91 Å². The maximum Gasteiger partial charge on any atom is 0.276 e. The molecule has 112 valence electrons. The van der Waals surface area contributed by atoms with Crippen molar-refractivity contribution in [1.29, 1.82) is 0 Å². The number of likely N-dealkylation sites (N-methyl/N-ethyl adjacent to an activating group) is 1. The zero-order valence-electron chi connectivity index (χ0n) is 12.2.